The predicted molar refractivity (Wildman–Crippen MR) is 93.8 cm³/mol. The number of hydrogen-bond acceptors (Lipinski definition) is 8. The second-order valence-corrected chi connectivity index (χ2v) is 8.82. The molecule has 0 radical (unpaired) electrons. The van der Waals surface area contributed by atoms with E-state index in [9.17, 15) is 9.59 Å². The summed E-state index contributed by atoms with van der Waals surface area (Å²) in [6.07, 6.45) is 1.45. The molecule has 0 bridgehead atoms. The Kier molecular flexibility index (Phi) is 6.65. The number of hydroxylamine groups is 4. The van der Waals surface area contributed by atoms with Crippen LogP contribution in [-0.2, 0) is 28.7 Å². The molecular weight excluding hydrogens is 340 g/mol. The third-order valence-electron chi connectivity index (χ3n) is 3.85. The molecule has 2 saturated heterocycles. The lowest BCUT2D eigenvalue weighted by Gasteiger charge is -2.25. The van der Waals surface area contributed by atoms with E-state index < -0.39 is 11.9 Å². The quantitative estimate of drug-likeness (QED) is 0.690. The summed E-state index contributed by atoms with van der Waals surface area (Å²) in [4.78, 5) is 34.1. The van der Waals surface area contributed by atoms with Crippen molar-refractivity contribution in [3.05, 3.63) is 0 Å². The van der Waals surface area contributed by atoms with Crippen molar-refractivity contribution in [2.24, 2.45) is 0 Å². The Hall–Kier alpha value is -1.22. The Morgan fingerprint density at radius 3 is 1.38 bits per heavy atom. The van der Waals surface area contributed by atoms with Gasteiger partial charge in [0.1, 0.15) is 0 Å². The average molecular weight is 372 g/mol. The van der Waals surface area contributed by atoms with Gasteiger partial charge in [-0.15, -0.1) is 10.1 Å². The second kappa shape index (κ2) is 8.21. The van der Waals surface area contributed by atoms with Crippen LogP contribution in [0.2, 0.25) is 0 Å². The Bertz CT molecular complexity index is 465. The highest BCUT2D eigenvalue weighted by molar-refractivity contribution is 6.29. The highest BCUT2D eigenvalue weighted by Gasteiger charge is 2.34. The highest BCUT2D eigenvalue weighted by atomic mass is 16.8. The Balaban J connectivity index is 1.71. The van der Waals surface area contributed by atoms with Crippen molar-refractivity contribution in [3.8, 4) is 0 Å². The third-order valence-corrected chi connectivity index (χ3v) is 3.85. The molecule has 0 N–H and O–H groups in total. The van der Waals surface area contributed by atoms with Crippen molar-refractivity contribution in [2.75, 3.05) is 26.2 Å². The standard InChI is InChI=1S/C18H32N2O6/c1-17(2,3)23-13-7-9-19(11-13)25-15(21)16(22)26-20-10-8-14(12-20)24-18(4,5)6/h13-14H,7-12H2,1-6H3/t13-,14-/m1/s1. The Morgan fingerprint density at radius 2 is 1.08 bits per heavy atom. The van der Waals surface area contributed by atoms with Gasteiger partial charge >= 0.3 is 11.9 Å². The lowest BCUT2D eigenvalue weighted by Crippen LogP contribution is -2.36. The maximum atomic E-state index is 12.0. The summed E-state index contributed by atoms with van der Waals surface area (Å²) in [6.45, 7) is 13.8. The molecule has 0 aromatic rings. The topological polar surface area (TPSA) is 77.5 Å². The van der Waals surface area contributed by atoms with E-state index in [1.54, 1.807) is 0 Å². The molecule has 0 unspecified atom stereocenters. The number of ether oxygens (including phenoxy) is 2. The lowest BCUT2D eigenvalue weighted by molar-refractivity contribution is -0.216. The molecule has 0 aliphatic carbocycles. The molecule has 2 aliphatic rings. The zero-order chi connectivity index (χ0) is 19.5. The van der Waals surface area contributed by atoms with Gasteiger partial charge in [0.15, 0.2) is 0 Å². The van der Waals surface area contributed by atoms with E-state index in [1.165, 1.54) is 10.1 Å². The smallest absolute Gasteiger partial charge is 0.371 e. The Morgan fingerprint density at radius 1 is 0.731 bits per heavy atom. The van der Waals surface area contributed by atoms with Gasteiger partial charge in [0, 0.05) is 13.1 Å². The molecule has 8 heteroatoms. The van der Waals surface area contributed by atoms with Gasteiger partial charge < -0.3 is 19.1 Å². The van der Waals surface area contributed by atoms with Crippen LogP contribution in [0.25, 0.3) is 0 Å². The number of carbonyl (C=O) groups excluding carboxylic acids is 2. The monoisotopic (exact) mass is 372 g/mol. The van der Waals surface area contributed by atoms with Crippen LogP contribution in [0.3, 0.4) is 0 Å². The first-order chi connectivity index (χ1) is 11.9. The summed E-state index contributed by atoms with van der Waals surface area (Å²) in [6, 6.07) is 0. The van der Waals surface area contributed by atoms with Crippen molar-refractivity contribution < 1.29 is 28.7 Å². The van der Waals surface area contributed by atoms with E-state index in [-0.39, 0.29) is 23.4 Å². The maximum absolute atomic E-state index is 12.0. The molecule has 0 saturated carbocycles. The van der Waals surface area contributed by atoms with Gasteiger partial charge in [0.05, 0.1) is 36.5 Å². The molecule has 0 spiro atoms. The molecule has 0 aromatic heterocycles. The van der Waals surface area contributed by atoms with Crippen molar-refractivity contribution in [1.29, 1.82) is 0 Å². The highest BCUT2D eigenvalue weighted by Crippen LogP contribution is 2.21. The molecule has 2 aliphatic heterocycles. The van der Waals surface area contributed by atoms with Crippen LogP contribution in [0.4, 0.5) is 0 Å². The molecule has 2 heterocycles. The van der Waals surface area contributed by atoms with Crippen LogP contribution in [-0.4, -0.2) is 71.7 Å². The van der Waals surface area contributed by atoms with Gasteiger partial charge in [0.2, 0.25) is 0 Å². The summed E-state index contributed by atoms with van der Waals surface area (Å²) >= 11 is 0. The van der Waals surface area contributed by atoms with E-state index in [1.807, 2.05) is 41.5 Å². The van der Waals surface area contributed by atoms with Crippen LogP contribution in [0.5, 0.6) is 0 Å². The van der Waals surface area contributed by atoms with E-state index in [0.717, 1.165) is 12.8 Å². The minimum atomic E-state index is -1.01. The van der Waals surface area contributed by atoms with E-state index in [4.69, 9.17) is 19.1 Å². The van der Waals surface area contributed by atoms with Crippen LogP contribution < -0.4 is 0 Å². The zero-order valence-electron chi connectivity index (χ0n) is 16.7. The fraction of sp³-hybridized carbons (Fsp3) is 0.889. The SMILES string of the molecule is CC(C)(C)O[C@@H]1CCN(OC(=O)C(=O)ON2CC[C@@H](OC(C)(C)C)C2)C1. The van der Waals surface area contributed by atoms with Crippen molar-refractivity contribution >= 4 is 11.9 Å². The van der Waals surface area contributed by atoms with Crippen molar-refractivity contribution in [3.63, 3.8) is 0 Å². The Labute approximate surface area is 155 Å². The molecular formula is C18H32N2O6. The van der Waals surface area contributed by atoms with Gasteiger partial charge in [-0.3, -0.25) is 0 Å². The summed E-state index contributed by atoms with van der Waals surface area (Å²) in [5.41, 5.74) is -0.518. The molecule has 2 fully saturated rings. The molecule has 0 aromatic carbocycles. The first-order valence-electron chi connectivity index (χ1n) is 9.21. The second-order valence-electron chi connectivity index (χ2n) is 8.82. The fourth-order valence-corrected chi connectivity index (χ4v) is 3.06. The van der Waals surface area contributed by atoms with E-state index in [0.29, 0.717) is 26.2 Å². The van der Waals surface area contributed by atoms with Gasteiger partial charge in [-0.1, -0.05) is 0 Å². The summed E-state index contributed by atoms with van der Waals surface area (Å²) in [5, 5.41) is 2.91. The predicted octanol–water partition coefficient (Wildman–Crippen LogP) is 1.68. The molecule has 0 amide bonds. The van der Waals surface area contributed by atoms with Gasteiger partial charge in [0.25, 0.3) is 0 Å². The molecule has 2 atom stereocenters. The van der Waals surface area contributed by atoms with Gasteiger partial charge in [-0.05, 0) is 54.4 Å². The summed E-state index contributed by atoms with van der Waals surface area (Å²) < 4.78 is 11.7. The molecule has 2 rings (SSSR count). The number of hydrogen-bond donors (Lipinski definition) is 0. The minimum absolute atomic E-state index is 0.0206. The van der Waals surface area contributed by atoms with E-state index >= 15 is 0 Å². The fourth-order valence-electron chi connectivity index (χ4n) is 3.06. The maximum Gasteiger partial charge on any atom is 0.438 e. The number of rotatable bonds is 4. The number of carbonyl (C=O) groups is 2. The first-order valence-corrected chi connectivity index (χ1v) is 9.21. The summed E-state index contributed by atoms with van der Waals surface area (Å²) in [7, 11) is 0. The van der Waals surface area contributed by atoms with E-state index in [2.05, 4.69) is 0 Å². The average Bonchev–Trinajstić information content (AvgIpc) is 3.05. The lowest BCUT2D eigenvalue weighted by atomic mass is 10.2. The minimum Gasteiger partial charge on any atom is -0.371 e. The van der Waals surface area contributed by atoms with Crippen LogP contribution in [0.15, 0.2) is 0 Å². The molecule has 8 nitrogen and oxygen atoms in total. The van der Waals surface area contributed by atoms with Gasteiger partial charge in [-0.2, -0.15) is 0 Å². The zero-order valence-corrected chi connectivity index (χ0v) is 16.7. The normalized spacial score (nSPS) is 25.5. The third kappa shape index (κ3) is 7.19. The van der Waals surface area contributed by atoms with Crippen LogP contribution in [0, 0.1) is 0 Å². The molecule has 26 heavy (non-hydrogen) atoms. The summed E-state index contributed by atoms with van der Waals surface area (Å²) in [5.74, 6) is -2.02. The first kappa shape index (κ1) is 21.1. The van der Waals surface area contributed by atoms with Crippen molar-refractivity contribution in [1.82, 2.24) is 10.1 Å². The largest absolute Gasteiger partial charge is 0.438 e. The van der Waals surface area contributed by atoms with Gasteiger partial charge in [-0.25, -0.2) is 9.59 Å². The molecule has 150 valence electrons. The van der Waals surface area contributed by atoms with Crippen LogP contribution >= 0.6 is 0 Å². The number of nitrogens with zero attached hydrogens (tertiary/aromatic N) is 2. The van der Waals surface area contributed by atoms with Crippen molar-refractivity contribution in [2.45, 2.75) is 77.8 Å². The van der Waals surface area contributed by atoms with Crippen LogP contribution in [0.1, 0.15) is 54.4 Å².